The molecule has 0 radical (unpaired) electrons. The molecule has 1 aromatic carbocycles. The van der Waals surface area contributed by atoms with Crippen molar-refractivity contribution in [2.45, 2.75) is 31.6 Å². The van der Waals surface area contributed by atoms with Gasteiger partial charge in [0.05, 0.1) is 22.3 Å². The normalized spacial score (nSPS) is 13.0. The highest BCUT2D eigenvalue weighted by atomic mass is 32.2. The number of nitrogen functional groups attached to an aromatic ring is 1. The lowest BCUT2D eigenvalue weighted by Gasteiger charge is -2.14. The van der Waals surface area contributed by atoms with E-state index in [0.717, 1.165) is 17.7 Å². The highest BCUT2D eigenvalue weighted by Gasteiger charge is 2.16. The maximum Gasteiger partial charge on any atom is 0.0683 e. The van der Waals surface area contributed by atoms with Crippen molar-refractivity contribution >= 4 is 16.5 Å². The number of benzene rings is 1. The van der Waals surface area contributed by atoms with Crippen LogP contribution < -0.4 is 5.73 Å². The molecule has 1 unspecified atom stereocenters. The minimum Gasteiger partial charge on any atom is -0.399 e. The van der Waals surface area contributed by atoms with Gasteiger partial charge < -0.3 is 5.73 Å². The Morgan fingerprint density at radius 3 is 2.47 bits per heavy atom. The van der Waals surface area contributed by atoms with Crippen LogP contribution in [0.4, 0.5) is 5.69 Å². The summed E-state index contributed by atoms with van der Waals surface area (Å²) in [6, 6.07) is 9.34. The number of hydrogen-bond acceptors (Lipinski definition) is 3. The first-order valence-electron chi connectivity index (χ1n) is 5.60. The van der Waals surface area contributed by atoms with Gasteiger partial charge in [0.15, 0.2) is 0 Å². The van der Waals surface area contributed by atoms with Crippen molar-refractivity contribution in [1.29, 1.82) is 5.26 Å². The zero-order valence-electron chi connectivity index (χ0n) is 10.3. The molecule has 0 saturated heterocycles. The van der Waals surface area contributed by atoms with Gasteiger partial charge in [-0.2, -0.15) is 5.26 Å². The molecule has 0 aliphatic rings. The molecule has 92 valence electrons. The molecule has 1 atom stereocenters. The van der Waals surface area contributed by atoms with Crippen molar-refractivity contribution < 1.29 is 4.21 Å². The Kier molecular flexibility index (Phi) is 4.71. The third kappa shape index (κ3) is 4.58. The molecular formula is C13H18N2OS. The van der Waals surface area contributed by atoms with Crippen LogP contribution in [0.25, 0.3) is 0 Å². The summed E-state index contributed by atoms with van der Waals surface area (Å²) in [6.07, 6.45) is 1.56. The van der Waals surface area contributed by atoms with Crippen LogP contribution in [-0.2, 0) is 10.8 Å². The topological polar surface area (TPSA) is 66.9 Å². The van der Waals surface area contributed by atoms with Crippen molar-refractivity contribution in [3.8, 4) is 6.07 Å². The zero-order chi connectivity index (χ0) is 12.9. The minimum absolute atomic E-state index is 0.328. The van der Waals surface area contributed by atoms with E-state index in [-0.39, 0.29) is 5.41 Å². The lowest BCUT2D eigenvalue weighted by Crippen LogP contribution is -2.09. The van der Waals surface area contributed by atoms with E-state index in [9.17, 15) is 4.21 Å². The van der Waals surface area contributed by atoms with Gasteiger partial charge in [-0.25, -0.2) is 0 Å². The predicted molar refractivity (Wildman–Crippen MR) is 70.8 cm³/mol. The molecule has 0 aliphatic carbocycles. The lowest BCUT2D eigenvalue weighted by molar-refractivity contribution is 0.447. The van der Waals surface area contributed by atoms with Gasteiger partial charge in [0.2, 0.25) is 0 Å². The lowest BCUT2D eigenvalue weighted by atomic mass is 9.90. The SMILES string of the molecule is CC(C)(C#N)CCCS(=O)c1ccc(N)cc1. The van der Waals surface area contributed by atoms with Gasteiger partial charge in [-0.05, 0) is 51.0 Å². The zero-order valence-corrected chi connectivity index (χ0v) is 11.1. The van der Waals surface area contributed by atoms with E-state index in [1.165, 1.54) is 0 Å². The van der Waals surface area contributed by atoms with Crippen LogP contribution in [0.2, 0.25) is 0 Å². The Balaban J connectivity index is 2.46. The van der Waals surface area contributed by atoms with Crippen molar-refractivity contribution in [2.24, 2.45) is 5.41 Å². The smallest absolute Gasteiger partial charge is 0.0683 e. The molecule has 0 spiro atoms. The van der Waals surface area contributed by atoms with Crippen LogP contribution in [-0.4, -0.2) is 9.96 Å². The first-order chi connectivity index (χ1) is 7.94. The second-order valence-electron chi connectivity index (χ2n) is 4.72. The Morgan fingerprint density at radius 1 is 1.35 bits per heavy atom. The van der Waals surface area contributed by atoms with E-state index < -0.39 is 10.8 Å². The Hall–Kier alpha value is -1.34. The van der Waals surface area contributed by atoms with E-state index >= 15 is 0 Å². The fourth-order valence-electron chi connectivity index (χ4n) is 1.44. The number of nitrogens with zero attached hydrogens (tertiary/aromatic N) is 1. The Morgan fingerprint density at radius 2 is 1.94 bits per heavy atom. The maximum absolute atomic E-state index is 11.9. The first kappa shape index (κ1) is 13.7. The number of hydrogen-bond donors (Lipinski definition) is 1. The molecule has 0 saturated carbocycles. The summed E-state index contributed by atoms with van der Waals surface area (Å²) < 4.78 is 11.9. The molecular weight excluding hydrogens is 232 g/mol. The summed E-state index contributed by atoms with van der Waals surface area (Å²) in [7, 11) is -0.993. The van der Waals surface area contributed by atoms with Crippen LogP contribution in [0.1, 0.15) is 26.7 Å². The van der Waals surface area contributed by atoms with Crippen LogP contribution in [0.3, 0.4) is 0 Å². The third-order valence-electron chi connectivity index (χ3n) is 2.58. The maximum atomic E-state index is 11.9. The number of anilines is 1. The molecule has 4 heteroatoms. The fourth-order valence-corrected chi connectivity index (χ4v) is 2.52. The standard InChI is InChI=1S/C13H18N2OS/c1-13(2,10-14)8-3-9-17(16)12-6-4-11(15)5-7-12/h4-7H,3,8-9,15H2,1-2H3. The third-order valence-corrected chi connectivity index (χ3v) is 4.03. The molecule has 0 aromatic heterocycles. The number of rotatable bonds is 5. The van der Waals surface area contributed by atoms with Gasteiger partial charge >= 0.3 is 0 Å². The molecule has 0 heterocycles. The number of nitriles is 1. The van der Waals surface area contributed by atoms with Gasteiger partial charge in [0, 0.05) is 16.3 Å². The van der Waals surface area contributed by atoms with Crippen LogP contribution in [0.15, 0.2) is 29.2 Å². The second-order valence-corrected chi connectivity index (χ2v) is 6.29. The van der Waals surface area contributed by atoms with Crippen molar-refractivity contribution in [2.75, 3.05) is 11.5 Å². The van der Waals surface area contributed by atoms with Crippen molar-refractivity contribution in [3.63, 3.8) is 0 Å². The molecule has 0 amide bonds. The summed E-state index contributed by atoms with van der Waals surface area (Å²) in [4.78, 5) is 0.800. The van der Waals surface area contributed by atoms with Gasteiger partial charge in [-0.1, -0.05) is 0 Å². The highest BCUT2D eigenvalue weighted by Crippen LogP contribution is 2.21. The minimum atomic E-state index is -0.993. The molecule has 0 fully saturated rings. The average molecular weight is 250 g/mol. The van der Waals surface area contributed by atoms with E-state index in [4.69, 9.17) is 11.0 Å². The summed E-state index contributed by atoms with van der Waals surface area (Å²) in [5.74, 6) is 0.592. The monoisotopic (exact) mass is 250 g/mol. The van der Waals surface area contributed by atoms with E-state index in [2.05, 4.69) is 6.07 Å². The Bertz CT molecular complexity index is 432. The van der Waals surface area contributed by atoms with Crippen molar-refractivity contribution in [1.82, 2.24) is 0 Å². The van der Waals surface area contributed by atoms with E-state index in [1.54, 1.807) is 24.3 Å². The first-order valence-corrected chi connectivity index (χ1v) is 6.92. The van der Waals surface area contributed by atoms with E-state index in [1.807, 2.05) is 13.8 Å². The van der Waals surface area contributed by atoms with Crippen molar-refractivity contribution in [3.05, 3.63) is 24.3 Å². The predicted octanol–water partition coefficient (Wildman–Crippen LogP) is 2.71. The molecule has 17 heavy (non-hydrogen) atoms. The molecule has 1 rings (SSSR count). The van der Waals surface area contributed by atoms with Crippen LogP contribution in [0.5, 0.6) is 0 Å². The molecule has 0 aliphatic heterocycles. The van der Waals surface area contributed by atoms with E-state index in [0.29, 0.717) is 11.4 Å². The fraction of sp³-hybridized carbons (Fsp3) is 0.462. The summed E-state index contributed by atoms with van der Waals surface area (Å²) in [5.41, 5.74) is 5.92. The number of nitrogens with two attached hydrogens (primary N) is 1. The molecule has 0 bridgehead atoms. The van der Waals surface area contributed by atoms with Crippen LogP contribution >= 0.6 is 0 Å². The largest absolute Gasteiger partial charge is 0.399 e. The molecule has 3 nitrogen and oxygen atoms in total. The quantitative estimate of drug-likeness (QED) is 0.817. The summed E-state index contributed by atoms with van der Waals surface area (Å²) >= 11 is 0. The summed E-state index contributed by atoms with van der Waals surface area (Å²) in [6.45, 7) is 3.80. The van der Waals surface area contributed by atoms with Crippen LogP contribution in [0, 0.1) is 16.7 Å². The average Bonchev–Trinajstić information content (AvgIpc) is 2.29. The highest BCUT2D eigenvalue weighted by molar-refractivity contribution is 7.85. The summed E-state index contributed by atoms with van der Waals surface area (Å²) in [5, 5.41) is 8.87. The molecule has 1 aromatic rings. The van der Waals surface area contributed by atoms with Gasteiger partial charge in [0.1, 0.15) is 0 Å². The Labute approximate surface area is 105 Å². The van der Waals surface area contributed by atoms with Gasteiger partial charge in [-0.3, -0.25) is 4.21 Å². The molecule has 2 N–H and O–H groups in total. The van der Waals surface area contributed by atoms with Gasteiger partial charge in [-0.15, -0.1) is 0 Å². The second kappa shape index (κ2) is 5.83. The van der Waals surface area contributed by atoms with Gasteiger partial charge in [0.25, 0.3) is 0 Å².